The van der Waals surface area contributed by atoms with Gasteiger partial charge in [0.15, 0.2) is 0 Å². The molecule has 3 aliphatic rings. The summed E-state index contributed by atoms with van der Waals surface area (Å²) in [5.41, 5.74) is -0.313. The van der Waals surface area contributed by atoms with Gasteiger partial charge in [-0.15, -0.1) is 0 Å². The molecule has 3 rings (SSSR count). The van der Waals surface area contributed by atoms with E-state index in [0.717, 1.165) is 25.8 Å². The Bertz CT molecular complexity index is 441. The lowest BCUT2D eigenvalue weighted by Gasteiger charge is -2.44. The van der Waals surface area contributed by atoms with Crippen molar-refractivity contribution in [2.75, 3.05) is 6.54 Å². The Labute approximate surface area is 114 Å². The highest BCUT2D eigenvalue weighted by atomic mass is 16.2. The zero-order valence-electron chi connectivity index (χ0n) is 12.3. The molecule has 0 spiro atoms. The van der Waals surface area contributed by atoms with Gasteiger partial charge in [0.1, 0.15) is 11.6 Å². The molecule has 0 aromatic heterocycles. The third kappa shape index (κ3) is 1.96. The summed E-state index contributed by atoms with van der Waals surface area (Å²) in [6.45, 7) is 8.95. The lowest BCUT2D eigenvalue weighted by Crippen LogP contribution is -2.69. The molecule has 106 valence electrons. The van der Waals surface area contributed by atoms with Crippen molar-refractivity contribution in [1.29, 1.82) is 0 Å². The highest BCUT2D eigenvalue weighted by Crippen LogP contribution is 2.52. The molecule has 19 heavy (non-hydrogen) atoms. The summed E-state index contributed by atoms with van der Waals surface area (Å²) in [7, 11) is 0. The SMILES string of the molecule is CC1C(=O)NC(C)(C2CC2)C(=O)N1CC1CC1(C)C. The molecule has 0 bridgehead atoms. The highest BCUT2D eigenvalue weighted by molar-refractivity contribution is 5.99. The number of piperazine rings is 1. The molecule has 4 heteroatoms. The van der Waals surface area contributed by atoms with E-state index in [2.05, 4.69) is 19.2 Å². The van der Waals surface area contributed by atoms with E-state index < -0.39 is 5.54 Å². The van der Waals surface area contributed by atoms with Crippen molar-refractivity contribution in [2.24, 2.45) is 17.3 Å². The van der Waals surface area contributed by atoms with Gasteiger partial charge in [0, 0.05) is 6.54 Å². The molecule has 3 fully saturated rings. The maximum absolute atomic E-state index is 12.8. The third-order valence-corrected chi connectivity index (χ3v) is 5.46. The summed E-state index contributed by atoms with van der Waals surface area (Å²) in [6.07, 6.45) is 3.27. The van der Waals surface area contributed by atoms with Gasteiger partial charge < -0.3 is 10.2 Å². The van der Waals surface area contributed by atoms with Crippen molar-refractivity contribution in [2.45, 2.75) is 58.5 Å². The van der Waals surface area contributed by atoms with Gasteiger partial charge in [0.25, 0.3) is 0 Å². The van der Waals surface area contributed by atoms with E-state index in [-0.39, 0.29) is 17.9 Å². The quantitative estimate of drug-likeness (QED) is 0.840. The molecule has 1 aliphatic heterocycles. The van der Waals surface area contributed by atoms with Crippen LogP contribution in [0.2, 0.25) is 0 Å². The predicted octanol–water partition coefficient (Wildman–Crippen LogP) is 1.55. The van der Waals surface area contributed by atoms with Crippen LogP contribution in [0.5, 0.6) is 0 Å². The maximum Gasteiger partial charge on any atom is 0.249 e. The van der Waals surface area contributed by atoms with Crippen LogP contribution in [0.4, 0.5) is 0 Å². The number of rotatable bonds is 3. The van der Waals surface area contributed by atoms with Crippen molar-refractivity contribution < 1.29 is 9.59 Å². The van der Waals surface area contributed by atoms with Gasteiger partial charge in [0.05, 0.1) is 0 Å². The van der Waals surface area contributed by atoms with E-state index in [0.29, 0.717) is 17.3 Å². The average molecular weight is 264 g/mol. The summed E-state index contributed by atoms with van der Waals surface area (Å²) in [5.74, 6) is 1.02. The lowest BCUT2D eigenvalue weighted by molar-refractivity contribution is -0.155. The second kappa shape index (κ2) is 3.74. The molecule has 0 aromatic carbocycles. The van der Waals surface area contributed by atoms with Crippen LogP contribution in [0, 0.1) is 17.3 Å². The van der Waals surface area contributed by atoms with Crippen LogP contribution in [-0.2, 0) is 9.59 Å². The molecule has 1 N–H and O–H groups in total. The first-order valence-electron chi connectivity index (χ1n) is 7.39. The third-order valence-electron chi connectivity index (χ3n) is 5.46. The van der Waals surface area contributed by atoms with Crippen LogP contribution in [-0.4, -0.2) is 34.8 Å². The number of nitrogens with one attached hydrogen (secondary N) is 1. The van der Waals surface area contributed by atoms with E-state index in [9.17, 15) is 9.59 Å². The smallest absolute Gasteiger partial charge is 0.249 e. The second-order valence-electron chi connectivity index (χ2n) is 7.49. The van der Waals surface area contributed by atoms with Gasteiger partial charge in [0.2, 0.25) is 11.8 Å². The fourth-order valence-corrected chi connectivity index (χ4v) is 3.33. The van der Waals surface area contributed by atoms with Gasteiger partial charge in [-0.25, -0.2) is 0 Å². The molecule has 1 saturated heterocycles. The zero-order valence-corrected chi connectivity index (χ0v) is 12.3. The van der Waals surface area contributed by atoms with Crippen LogP contribution in [0.25, 0.3) is 0 Å². The van der Waals surface area contributed by atoms with E-state index in [1.807, 2.05) is 18.7 Å². The van der Waals surface area contributed by atoms with E-state index >= 15 is 0 Å². The van der Waals surface area contributed by atoms with Gasteiger partial charge in [-0.3, -0.25) is 9.59 Å². The largest absolute Gasteiger partial charge is 0.340 e. The molecule has 2 saturated carbocycles. The summed E-state index contributed by atoms with van der Waals surface area (Å²) in [6, 6.07) is -0.323. The standard InChI is InChI=1S/C15H24N2O2/c1-9-12(18)16-15(4,10-5-6-10)13(19)17(9)8-11-7-14(11,2)3/h9-11H,5-8H2,1-4H3,(H,16,18). The van der Waals surface area contributed by atoms with Gasteiger partial charge >= 0.3 is 0 Å². The summed E-state index contributed by atoms with van der Waals surface area (Å²) < 4.78 is 0. The summed E-state index contributed by atoms with van der Waals surface area (Å²) in [4.78, 5) is 26.8. The normalized spacial score (nSPS) is 41.2. The topological polar surface area (TPSA) is 49.4 Å². The number of carbonyl (C=O) groups is 2. The Kier molecular flexibility index (Phi) is 2.55. The van der Waals surface area contributed by atoms with E-state index in [1.54, 1.807) is 0 Å². The van der Waals surface area contributed by atoms with Crippen molar-refractivity contribution in [3.8, 4) is 0 Å². The molecular weight excluding hydrogens is 240 g/mol. The van der Waals surface area contributed by atoms with Crippen LogP contribution >= 0.6 is 0 Å². The fraction of sp³-hybridized carbons (Fsp3) is 0.867. The maximum atomic E-state index is 12.8. The first kappa shape index (κ1) is 12.9. The van der Waals surface area contributed by atoms with Crippen molar-refractivity contribution in [3.63, 3.8) is 0 Å². The van der Waals surface area contributed by atoms with Crippen LogP contribution < -0.4 is 5.32 Å². The highest BCUT2D eigenvalue weighted by Gasteiger charge is 2.56. The Morgan fingerprint density at radius 2 is 1.84 bits per heavy atom. The Balaban J connectivity index is 1.80. The van der Waals surface area contributed by atoms with E-state index in [1.165, 1.54) is 0 Å². The number of amides is 2. The van der Waals surface area contributed by atoms with Crippen molar-refractivity contribution >= 4 is 11.8 Å². The molecule has 0 radical (unpaired) electrons. The van der Waals surface area contributed by atoms with Crippen molar-refractivity contribution in [1.82, 2.24) is 10.2 Å². The Morgan fingerprint density at radius 3 is 2.32 bits per heavy atom. The van der Waals surface area contributed by atoms with Gasteiger partial charge in [-0.2, -0.15) is 0 Å². The van der Waals surface area contributed by atoms with Crippen LogP contribution in [0.15, 0.2) is 0 Å². The molecule has 0 aromatic rings. The molecular formula is C15H24N2O2. The van der Waals surface area contributed by atoms with Crippen LogP contribution in [0.1, 0.15) is 47.0 Å². The Hall–Kier alpha value is -1.06. The minimum Gasteiger partial charge on any atom is -0.340 e. The van der Waals surface area contributed by atoms with Crippen LogP contribution in [0.3, 0.4) is 0 Å². The molecule has 3 atom stereocenters. The first-order valence-corrected chi connectivity index (χ1v) is 7.39. The number of carbonyl (C=O) groups excluding carboxylic acids is 2. The summed E-state index contributed by atoms with van der Waals surface area (Å²) in [5, 5.41) is 2.97. The zero-order chi connectivity index (χ0) is 14.0. The molecule has 2 amide bonds. The molecule has 2 aliphatic carbocycles. The van der Waals surface area contributed by atoms with Crippen molar-refractivity contribution in [3.05, 3.63) is 0 Å². The summed E-state index contributed by atoms with van der Waals surface area (Å²) >= 11 is 0. The number of nitrogens with zero attached hydrogens (tertiary/aromatic N) is 1. The number of hydrogen-bond donors (Lipinski definition) is 1. The second-order valence-corrected chi connectivity index (χ2v) is 7.49. The van der Waals surface area contributed by atoms with Gasteiger partial charge in [-0.1, -0.05) is 13.8 Å². The number of hydrogen-bond acceptors (Lipinski definition) is 2. The lowest BCUT2D eigenvalue weighted by atomic mass is 9.89. The molecule has 3 unspecified atom stereocenters. The van der Waals surface area contributed by atoms with Gasteiger partial charge in [-0.05, 0) is 50.4 Å². The average Bonchev–Trinajstić information content (AvgIpc) is 3.20. The predicted molar refractivity (Wildman–Crippen MR) is 72.3 cm³/mol. The van der Waals surface area contributed by atoms with E-state index in [4.69, 9.17) is 0 Å². The fourth-order valence-electron chi connectivity index (χ4n) is 3.33. The monoisotopic (exact) mass is 264 g/mol. The minimum absolute atomic E-state index is 0.00690. The molecule has 4 nitrogen and oxygen atoms in total. The first-order chi connectivity index (χ1) is 8.75. The molecule has 1 heterocycles. The Morgan fingerprint density at radius 1 is 1.26 bits per heavy atom. The minimum atomic E-state index is -0.650.